The number of rotatable bonds is 2. The molecule has 1 aromatic heterocycles. The molecule has 22 heavy (non-hydrogen) atoms. The van der Waals surface area contributed by atoms with Crippen molar-refractivity contribution in [3.8, 4) is 6.07 Å². The van der Waals surface area contributed by atoms with E-state index in [4.69, 9.17) is 5.26 Å². The first-order chi connectivity index (χ1) is 10.8. The molecule has 2 aliphatic heterocycles. The van der Waals surface area contributed by atoms with E-state index in [9.17, 15) is 4.79 Å². The molecule has 0 saturated carbocycles. The first-order valence-electron chi connectivity index (χ1n) is 7.62. The third-order valence-corrected chi connectivity index (χ3v) is 5.08. The van der Waals surface area contributed by atoms with Crippen molar-refractivity contribution in [2.75, 3.05) is 42.6 Å². The molecule has 0 aliphatic carbocycles. The summed E-state index contributed by atoms with van der Waals surface area (Å²) in [6, 6.07) is 3.64. The highest BCUT2D eigenvalue weighted by Gasteiger charge is 2.30. The van der Waals surface area contributed by atoms with Crippen molar-refractivity contribution in [1.29, 1.82) is 5.26 Å². The summed E-state index contributed by atoms with van der Waals surface area (Å²) in [6.07, 6.45) is 3.49. The summed E-state index contributed by atoms with van der Waals surface area (Å²) >= 11 is 1.91. The lowest BCUT2D eigenvalue weighted by molar-refractivity contribution is -0.135. The van der Waals surface area contributed by atoms with E-state index in [2.05, 4.69) is 9.97 Å². The van der Waals surface area contributed by atoms with E-state index in [-0.39, 0.29) is 11.8 Å². The number of carbonyl (C=O) groups excluding carboxylic acids is 1. The van der Waals surface area contributed by atoms with Crippen LogP contribution >= 0.6 is 11.8 Å². The third kappa shape index (κ3) is 3.33. The molecule has 0 radical (unpaired) electrons. The molecule has 3 rings (SSSR count). The van der Waals surface area contributed by atoms with Crippen LogP contribution in [0.4, 0.5) is 5.95 Å². The molecular weight excluding hydrogens is 298 g/mol. The topological polar surface area (TPSA) is 73.1 Å². The smallest absolute Gasteiger partial charge is 0.227 e. The van der Waals surface area contributed by atoms with E-state index in [0.717, 1.165) is 44.0 Å². The Kier molecular flexibility index (Phi) is 4.78. The fraction of sp³-hybridized carbons (Fsp3) is 0.600. The molecular formula is C15H19N5OS. The lowest BCUT2D eigenvalue weighted by Crippen LogP contribution is -2.47. The number of anilines is 1. The highest BCUT2D eigenvalue weighted by molar-refractivity contribution is 7.99. The van der Waals surface area contributed by atoms with Crippen LogP contribution in [0.2, 0.25) is 0 Å². The van der Waals surface area contributed by atoms with Crippen molar-refractivity contribution in [3.63, 3.8) is 0 Å². The first kappa shape index (κ1) is 15.1. The van der Waals surface area contributed by atoms with Gasteiger partial charge in [0.1, 0.15) is 11.8 Å². The maximum absolute atomic E-state index is 12.6. The van der Waals surface area contributed by atoms with Gasteiger partial charge in [0.05, 0.1) is 5.92 Å². The number of aromatic nitrogens is 2. The standard InChI is InChI=1S/C15H19N5OS/c16-10-13-3-4-17-15(18-13)20-5-1-2-12(11-20)14(21)19-6-8-22-9-7-19/h3-4,12H,1-2,5-9,11H2. The second-order valence-corrected chi connectivity index (χ2v) is 6.80. The van der Waals surface area contributed by atoms with Gasteiger partial charge in [0, 0.05) is 43.9 Å². The average Bonchev–Trinajstić information content (AvgIpc) is 2.62. The van der Waals surface area contributed by atoms with Gasteiger partial charge in [-0.2, -0.15) is 17.0 Å². The van der Waals surface area contributed by atoms with Crippen molar-refractivity contribution >= 4 is 23.6 Å². The van der Waals surface area contributed by atoms with E-state index in [1.54, 1.807) is 12.3 Å². The van der Waals surface area contributed by atoms with Crippen LogP contribution in [0.25, 0.3) is 0 Å². The van der Waals surface area contributed by atoms with Gasteiger partial charge in [-0.1, -0.05) is 0 Å². The number of piperidine rings is 1. The Labute approximate surface area is 134 Å². The summed E-state index contributed by atoms with van der Waals surface area (Å²) < 4.78 is 0. The van der Waals surface area contributed by atoms with Crippen molar-refractivity contribution in [3.05, 3.63) is 18.0 Å². The number of amides is 1. The van der Waals surface area contributed by atoms with Crippen LogP contribution in [0.15, 0.2) is 12.3 Å². The van der Waals surface area contributed by atoms with Gasteiger partial charge in [-0.3, -0.25) is 4.79 Å². The van der Waals surface area contributed by atoms with Gasteiger partial charge >= 0.3 is 0 Å². The minimum atomic E-state index is 0.0196. The minimum Gasteiger partial charge on any atom is -0.341 e. The van der Waals surface area contributed by atoms with E-state index in [1.165, 1.54) is 0 Å². The van der Waals surface area contributed by atoms with E-state index in [1.807, 2.05) is 27.6 Å². The molecule has 0 spiro atoms. The van der Waals surface area contributed by atoms with Gasteiger partial charge in [0.25, 0.3) is 0 Å². The van der Waals surface area contributed by atoms with Crippen molar-refractivity contribution < 1.29 is 4.79 Å². The first-order valence-corrected chi connectivity index (χ1v) is 8.78. The van der Waals surface area contributed by atoms with Gasteiger partial charge in [-0.15, -0.1) is 0 Å². The van der Waals surface area contributed by atoms with Crippen LogP contribution in [0.3, 0.4) is 0 Å². The van der Waals surface area contributed by atoms with Crippen LogP contribution in [0, 0.1) is 17.2 Å². The fourth-order valence-corrected chi connectivity index (χ4v) is 3.87. The zero-order chi connectivity index (χ0) is 15.4. The maximum Gasteiger partial charge on any atom is 0.227 e. The van der Waals surface area contributed by atoms with Gasteiger partial charge in [0.15, 0.2) is 0 Å². The largest absolute Gasteiger partial charge is 0.341 e. The van der Waals surface area contributed by atoms with E-state index >= 15 is 0 Å². The molecule has 1 unspecified atom stereocenters. The molecule has 0 bridgehead atoms. The normalized spacial score (nSPS) is 22.2. The summed E-state index contributed by atoms with van der Waals surface area (Å²) in [5.41, 5.74) is 0.367. The molecule has 0 N–H and O–H groups in total. The molecule has 2 saturated heterocycles. The molecule has 2 aliphatic rings. The fourth-order valence-electron chi connectivity index (χ4n) is 2.97. The van der Waals surface area contributed by atoms with Gasteiger partial charge < -0.3 is 9.80 Å². The predicted molar refractivity (Wildman–Crippen MR) is 85.6 cm³/mol. The molecule has 116 valence electrons. The molecule has 2 fully saturated rings. The SMILES string of the molecule is N#Cc1ccnc(N2CCCC(C(=O)N3CCSCC3)C2)n1. The summed E-state index contributed by atoms with van der Waals surface area (Å²) in [7, 11) is 0. The monoisotopic (exact) mass is 317 g/mol. The highest BCUT2D eigenvalue weighted by Crippen LogP contribution is 2.23. The summed E-state index contributed by atoms with van der Waals surface area (Å²) in [6.45, 7) is 3.21. The number of hydrogen-bond acceptors (Lipinski definition) is 6. The van der Waals surface area contributed by atoms with Crippen LogP contribution in [0.1, 0.15) is 18.5 Å². The molecule has 1 atom stereocenters. The average molecular weight is 317 g/mol. The number of nitrogens with zero attached hydrogens (tertiary/aromatic N) is 5. The lowest BCUT2D eigenvalue weighted by atomic mass is 9.96. The van der Waals surface area contributed by atoms with Gasteiger partial charge in [0.2, 0.25) is 11.9 Å². The van der Waals surface area contributed by atoms with E-state index in [0.29, 0.717) is 18.2 Å². The van der Waals surface area contributed by atoms with Crippen molar-refractivity contribution in [2.24, 2.45) is 5.92 Å². The van der Waals surface area contributed by atoms with Crippen LogP contribution in [0.5, 0.6) is 0 Å². The molecule has 0 aromatic carbocycles. The Hall–Kier alpha value is -1.81. The summed E-state index contributed by atoms with van der Waals surface area (Å²) in [5, 5.41) is 8.95. The van der Waals surface area contributed by atoms with Gasteiger partial charge in [-0.25, -0.2) is 9.97 Å². The Morgan fingerprint density at radius 1 is 1.36 bits per heavy atom. The van der Waals surface area contributed by atoms with Crippen LogP contribution in [-0.4, -0.2) is 58.5 Å². The Balaban J connectivity index is 1.68. The second kappa shape index (κ2) is 6.97. The third-order valence-electron chi connectivity index (χ3n) is 4.13. The van der Waals surface area contributed by atoms with E-state index < -0.39 is 0 Å². The molecule has 3 heterocycles. The summed E-state index contributed by atoms with van der Waals surface area (Å²) in [4.78, 5) is 25.2. The number of nitriles is 1. The predicted octanol–water partition coefficient (Wildman–Crippen LogP) is 1.14. The number of hydrogen-bond donors (Lipinski definition) is 0. The Bertz CT molecular complexity index is 582. The Morgan fingerprint density at radius 3 is 2.95 bits per heavy atom. The maximum atomic E-state index is 12.6. The van der Waals surface area contributed by atoms with Crippen LogP contribution < -0.4 is 4.90 Å². The molecule has 1 aromatic rings. The van der Waals surface area contributed by atoms with Crippen molar-refractivity contribution in [1.82, 2.24) is 14.9 Å². The molecule has 6 nitrogen and oxygen atoms in total. The molecule has 1 amide bonds. The summed E-state index contributed by atoms with van der Waals surface area (Å²) in [5.74, 6) is 2.92. The highest BCUT2D eigenvalue weighted by atomic mass is 32.2. The zero-order valence-corrected chi connectivity index (χ0v) is 13.3. The molecule has 7 heteroatoms. The van der Waals surface area contributed by atoms with Crippen LogP contribution in [-0.2, 0) is 4.79 Å². The lowest BCUT2D eigenvalue weighted by Gasteiger charge is -2.36. The second-order valence-electron chi connectivity index (χ2n) is 5.58. The zero-order valence-electron chi connectivity index (χ0n) is 12.4. The Morgan fingerprint density at radius 2 is 2.18 bits per heavy atom. The number of thioether (sulfide) groups is 1. The number of carbonyl (C=O) groups is 1. The van der Waals surface area contributed by atoms with Crippen molar-refractivity contribution in [2.45, 2.75) is 12.8 Å². The quantitative estimate of drug-likeness (QED) is 0.814. The minimum absolute atomic E-state index is 0.0196. The van der Waals surface area contributed by atoms with Gasteiger partial charge in [-0.05, 0) is 18.9 Å².